The minimum Gasteiger partial charge on any atom is -0.497 e. The third-order valence-corrected chi connectivity index (χ3v) is 2.04. The molecular weight excluding hydrogens is 206 g/mol. The van der Waals surface area contributed by atoms with E-state index in [4.69, 9.17) is 21.4 Å². The summed E-state index contributed by atoms with van der Waals surface area (Å²) in [5.41, 5.74) is 0.717. The van der Waals surface area contributed by atoms with Crippen LogP contribution in [0.15, 0.2) is 18.2 Å². The maximum absolute atomic E-state index is 10.2. The Kier molecular flexibility index (Phi) is 3.59. The predicted octanol–water partition coefficient (Wildman–Crippen LogP) is 2.12. The average Bonchev–Trinajstić information content (AvgIpc) is 2.15. The van der Waals surface area contributed by atoms with Gasteiger partial charge in [-0.15, -0.1) is 0 Å². The van der Waals surface area contributed by atoms with Gasteiger partial charge in [-0.2, -0.15) is 0 Å². The zero-order valence-corrected chi connectivity index (χ0v) is 8.34. The van der Waals surface area contributed by atoms with Crippen molar-refractivity contribution < 1.29 is 14.6 Å². The standard InChI is InChI=1S/C9H10ClNO3/c1-14-7-3-2-6(8(10)4-7)5-11-9(12)13/h2-4,11H,5H2,1H3,(H,12,13). The molecule has 14 heavy (non-hydrogen) atoms. The molecule has 0 spiro atoms. The molecule has 5 heteroatoms. The van der Waals surface area contributed by atoms with Crippen molar-refractivity contribution >= 4 is 17.7 Å². The van der Waals surface area contributed by atoms with E-state index in [-0.39, 0.29) is 6.54 Å². The summed E-state index contributed by atoms with van der Waals surface area (Å²) in [6, 6.07) is 5.09. The molecule has 1 aromatic carbocycles. The van der Waals surface area contributed by atoms with Gasteiger partial charge in [0.25, 0.3) is 0 Å². The lowest BCUT2D eigenvalue weighted by Crippen LogP contribution is -2.20. The predicted molar refractivity (Wildman–Crippen MR) is 52.9 cm³/mol. The van der Waals surface area contributed by atoms with Crippen molar-refractivity contribution in [3.63, 3.8) is 0 Å². The highest BCUT2D eigenvalue weighted by atomic mass is 35.5. The molecule has 0 bridgehead atoms. The molecule has 1 rings (SSSR count). The van der Waals surface area contributed by atoms with E-state index in [0.717, 1.165) is 5.56 Å². The molecule has 2 N–H and O–H groups in total. The van der Waals surface area contributed by atoms with Crippen LogP contribution in [0.25, 0.3) is 0 Å². The Morgan fingerprint density at radius 2 is 2.36 bits per heavy atom. The molecule has 0 aromatic heterocycles. The summed E-state index contributed by atoms with van der Waals surface area (Å²) in [5.74, 6) is 0.647. The fourth-order valence-electron chi connectivity index (χ4n) is 0.969. The second-order valence-corrected chi connectivity index (χ2v) is 3.02. The normalized spacial score (nSPS) is 9.57. The quantitative estimate of drug-likeness (QED) is 0.812. The van der Waals surface area contributed by atoms with E-state index in [9.17, 15) is 4.79 Å². The number of methoxy groups -OCH3 is 1. The van der Waals surface area contributed by atoms with E-state index in [0.29, 0.717) is 10.8 Å². The van der Waals surface area contributed by atoms with Crippen LogP contribution >= 0.6 is 11.6 Å². The Hall–Kier alpha value is -1.42. The summed E-state index contributed by atoms with van der Waals surface area (Å²) in [6.45, 7) is 0.193. The molecule has 76 valence electrons. The third-order valence-electron chi connectivity index (χ3n) is 1.69. The summed E-state index contributed by atoms with van der Waals surface area (Å²) in [6.07, 6.45) is -1.07. The van der Waals surface area contributed by atoms with Gasteiger partial charge >= 0.3 is 6.09 Å². The van der Waals surface area contributed by atoms with Crippen molar-refractivity contribution in [1.82, 2.24) is 5.32 Å². The second kappa shape index (κ2) is 4.72. The molecule has 0 saturated carbocycles. The number of benzene rings is 1. The van der Waals surface area contributed by atoms with Crippen molar-refractivity contribution in [2.45, 2.75) is 6.54 Å². The first kappa shape index (κ1) is 10.7. The first-order chi connectivity index (χ1) is 6.63. The summed E-state index contributed by atoms with van der Waals surface area (Å²) < 4.78 is 4.95. The summed E-state index contributed by atoms with van der Waals surface area (Å²) in [5, 5.41) is 11.1. The fraction of sp³-hybridized carbons (Fsp3) is 0.222. The smallest absolute Gasteiger partial charge is 0.404 e. The largest absolute Gasteiger partial charge is 0.497 e. The van der Waals surface area contributed by atoms with Gasteiger partial charge in [-0.25, -0.2) is 4.79 Å². The number of rotatable bonds is 3. The number of ether oxygens (including phenoxy) is 1. The number of carboxylic acid groups (broad SMARTS) is 1. The Morgan fingerprint density at radius 3 is 2.86 bits per heavy atom. The van der Waals surface area contributed by atoms with Crippen LogP contribution in [0.4, 0.5) is 4.79 Å². The third kappa shape index (κ3) is 2.81. The van der Waals surface area contributed by atoms with Gasteiger partial charge in [0.1, 0.15) is 5.75 Å². The SMILES string of the molecule is COc1ccc(CNC(=O)O)c(Cl)c1. The molecule has 0 aliphatic rings. The summed E-state index contributed by atoms with van der Waals surface area (Å²) >= 11 is 5.88. The molecule has 0 saturated heterocycles. The molecule has 0 heterocycles. The molecular formula is C9H10ClNO3. The van der Waals surface area contributed by atoms with E-state index in [2.05, 4.69) is 5.32 Å². The zero-order chi connectivity index (χ0) is 10.6. The Bertz CT molecular complexity index is 341. The van der Waals surface area contributed by atoms with Gasteiger partial charge < -0.3 is 15.2 Å². The molecule has 4 nitrogen and oxygen atoms in total. The van der Waals surface area contributed by atoms with E-state index in [1.54, 1.807) is 25.3 Å². The molecule has 0 aliphatic heterocycles. The number of hydrogen-bond acceptors (Lipinski definition) is 2. The first-order valence-electron chi connectivity index (χ1n) is 3.92. The van der Waals surface area contributed by atoms with Crippen LogP contribution in [0.2, 0.25) is 5.02 Å². The topological polar surface area (TPSA) is 58.6 Å². The van der Waals surface area contributed by atoms with Crippen molar-refractivity contribution in [3.8, 4) is 5.75 Å². The number of amides is 1. The number of nitrogens with one attached hydrogen (secondary N) is 1. The van der Waals surface area contributed by atoms with Crippen molar-refractivity contribution in [3.05, 3.63) is 28.8 Å². The van der Waals surface area contributed by atoms with Gasteiger partial charge in [0.2, 0.25) is 0 Å². The number of halogens is 1. The second-order valence-electron chi connectivity index (χ2n) is 2.62. The van der Waals surface area contributed by atoms with Crippen LogP contribution < -0.4 is 10.1 Å². The van der Waals surface area contributed by atoms with E-state index < -0.39 is 6.09 Å². The minimum absolute atomic E-state index is 0.193. The first-order valence-corrected chi connectivity index (χ1v) is 4.30. The van der Waals surface area contributed by atoms with Crippen molar-refractivity contribution in [2.24, 2.45) is 0 Å². The lowest BCUT2D eigenvalue weighted by atomic mass is 10.2. The molecule has 0 unspecified atom stereocenters. The van der Waals surface area contributed by atoms with Crippen LogP contribution in [0.5, 0.6) is 5.75 Å². The number of carbonyl (C=O) groups is 1. The van der Waals surface area contributed by atoms with Gasteiger partial charge in [0.15, 0.2) is 0 Å². The average molecular weight is 216 g/mol. The summed E-state index contributed by atoms with van der Waals surface area (Å²) in [4.78, 5) is 10.2. The Balaban J connectivity index is 2.73. The molecule has 1 aromatic rings. The monoisotopic (exact) mass is 215 g/mol. The van der Waals surface area contributed by atoms with E-state index in [1.807, 2.05) is 0 Å². The van der Waals surface area contributed by atoms with Crippen LogP contribution in [-0.2, 0) is 6.54 Å². The van der Waals surface area contributed by atoms with Crippen molar-refractivity contribution in [2.75, 3.05) is 7.11 Å². The van der Waals surface area contributed by atoms with Crippen LogP contribution in [-0.4, -0.2) is 18.3 Å². The van der Waals surface area contributed by atoms with Crippen LogP contribution in [0.1, 0.15) is 5.56 Å². The zero-order valence-electron chi connectivity index (χ0n) is 7.58. The molecule has 0 fully saturated rings. The lowest BCUT2D eigenvalue weighted by molar-refractivity contribution is 0.194. The maximum Gasteiger partial charge on any atom is 0.404 e. The Morgan fingerprint density at radius 1 is 1.64 bits per heavy atom. The highest BCUT2D eigenvalue weighted by Gasteiger charge is 2.03. The maximum atomic E-state index is 10.2. The van der Waals surface area contributed by atoms with E-state index >= 15 is 0 Å². The Labute approximate surface area is 86.4 Å². The van der Waals surface area contributed by atoms with Gasteiger partial charge in [-0.05, 0) is 17.7 Å². The highest BCUT2D eigenvalue weighted by Crippen LogP contribution is 2.21. The molecule has 0 radical (unpaired) electrons. The molecule has 0 aliphatic carbocycles. The molecule has 1 amide bonds. The lowest BCUT2D eigenvalue weighted by Gasteiger charge is -2.06. The van der Waals surface area contributed by atoms with Gasteiger partial charge in [0.05, 0.1) is 7.11 Å². The molecule has 0 atom stereocenters. The van der Waals surface area contributed by atoms with Crippen molar-refractivity contribution in [1.29, 1.82) is 0 Å². The van der Waals surface area contributed by atoms with Crippen LogP contribution in [0, 0.1) is 0 Å². The summed E-state index contributed by atoms with van der Waals surface area (Å²) in [7, 11) is 1.54. The van der Waals surface area contributed by atoms with Crippen LogP contribution in [0.3, 0.4) is 0 Å². The minimum atomic E-state index is -1.07. The van der Waals surface area contributed by atoms with Gasteiger partial charge in [-0.1, -0.05) is 17.7 Å². The number of hydrogen-bond donors (Lipinski definition) is 2. The highest BCUT2D eigenvalue weighted by molar-refractivity contribution is 6.31. The van der Waals surface area contributed by atoms with E-state index in [1.165, 1.54) is 0 Å². The van der Waals surface area contributed by atoms with Gasteiger partial charge in [0, 0.05) is 11.6 Å². The van der Waals surface area contributed by atoms with Gasteiger partial charge in [-0.3, -0.25) is 0 Å². The fourth-order valence-corrected chi connectivity index (χ4v) is 1.21.